The van der Waals surface area contributed by atoms with Gasteiger partial charge in [-0.1, -0.05) is 0 Å². The van der Waals surface area contributed by atoms with Crippen LogP contribution in [0.3, 0.4) is 0 Å². The molecule has 0 spiro atoms. The quantitative estimate of drug-likeness (QED) is 0.794. The van der Waals surface area contributed by atoms with Crippen molar-refractivity contribution in [2.75, 3.05) is 6.54 Å². The number of likely N-dealkylation sites (tertiary alicyclic amines) is 1. The molecule has 1 amide bonds. The average Bonchev–Trinajstić information content (AvgIpc) is 2.78. The number of alkyl halides is 1. The summed E-state index contributed by atoms with van der Waals surface area (Å²) in [7, 11) is 0. The van der Waals surface area contributed by atoms with Crippen molar-refractivity contribution in [3.63, 3.8) is 0 Å². The van der Waals surface area contributed by atoms with Gasteiger partial charge in [-0.15, -0.1) is 0 Å². The molecule has 0 radical (unpaired) electrons. The van der Waals surface area contributed by atoms with Crippen molar-refractivity contribution in [1.82, 2.24) is 4.90 Å². The molecule has 0 unspecified atom stereocenters. The number of hydrogen-bond donors (Lipinski definition) is 0. The Hall–Kier alpha value is -2.16. The summed E-state index contributed by atoms with van der Waals surface area (Å²) in [6.45, 7) is 5.06. The van der Waals surface area contributed by atoms with Gasteiger partial charge in [-0.2, -0.15) is 5.26 Å². The SMILES string of the molecule is CC(C)(C)OC(=O)N1C[C@@H](F)C[C@@H]1c1cc(F)cc(C#N)c1. The molecule has 0 aliphatic carbocycles. The lowest BCUT2D eigenvalue weighted by molar-refractivity contribution is 0.0216. The largest absolute Gasteiger partial charge is 0.444 e. The Labute approximate surface area is 128 Å². The summed E-state index contributed by atoms with van der Waals surface area (Å²) >= 11 is 0. The van der Waals surface area contributed by atoms with Crippen molar-refractivity contribution >= 4 is 6.09 Å². The van der Waals surface area contributed by atoms with Gasteiger partial charge in [0.15, 0.2) is 0 Å². The fourth-order valence-corrected chi connectivity index (χ4v) is 2.49. The highest BCUT2D eigenvalue weighted by molar-refractivity contribution is 5.69. The third kappa shape index (κ3) is 3.73. The van der Waals surface area contributed by atoms with E-state index >= 15 is 0 Å². The van der Waals surface area contributed by atoms with Crippen LogP contribution in [0.1, 0.15) is 44.4 Å². The van der Waals surface area contributed by atoms with Gasteiger partial charge in [-0.3, -0.25) is 4.90 Å². The minimum Gasteiger partial charge on any atom is -0.444 e. The zero-order chi connectivity index (χ0) is 16.5. The molecule has 1 fully saturated rings. The number of ether oxygens (including phenoxy) is 1. The van der Waals surface area contributed by atoms with Crippen molar-refractivity contribution in [2.24, 2.45) is 0 Å². The molecule has 1 aliphatic rings. The minimum atomic E-state index is -1.20. The molecule has 0 N–H and O–H groups in total. The smallest absolute Gasteiger partial charge is 0.410 e. The van der Waals surface area contributed by atoms with E-state index in [0.29, 0.717) is 5.56 Å². The molecule has 0 bridgehead atoms. The second-order valence-electron chi connectivity index (χ2n) is 6.37. The molecule has 2 atom stereocenters. The van der Waals surface area contributed by atoms with Crippen LogP contribution in [0, 0.1) is 17.1 Å². The summed E-state index contributed by atoms with van der Waals surface area (Å²) in [5, 5.41) is 8.91. The molecule has 6 heteroatoms. The van der Waals surface area contributed by atoms with Crippen molar-refractivity contribution in [3.05, 3.63) is 35.1 Å². The highest BCUT2D eigenvalue weighted by Crippen LogP contribution is 2.35. The van der Waals surface area contributed by atoms with Crippen LogP contribution in [0.15, 0.2) is 18.2 Å². The normalized spacial score (nSPS) is 21.5. The Morgan fingerprint density at radius 1 is 1.41 bits per heavy atom. The number of benzene rings is 1. The van der Waals surface area contributed by atoms with E-state index in [-0.39, 0.29) is 18.5 Å². The molecule has 1 aliphatic heterocycles. The number of nitrogens with zero attached hydrogens (tertiary/aromatic N) is 2. The Morgan fingerprint density at radius 2 is 2.09 bits per heavy atom. The van der Waals surface area contributed by atoms with Crippen molar-refractivity contribution in [2.45, 2.75) is 45.0 Å². The summed E-state index contributed by atoms with van der Waals surface area (Å²) in [6.07, 6.45) is -1.78. The van der Waals surface area contributed by atoms with E-state index in [0.717, 1.165) is 6.07 Å². The van der Waals surface area contributed by atoms with Gasteiger partial charge in [0.1, 0.15) is 17.6 Å². The predicted molar refractivity (Wildman–Crippen MR) is 76.3 cm³/mol. The van der Waals surface area contributed by atoms with Gasteiger partial charge in [0.05, 0.1) is 24.2 Å². The number of nitriles is 1. The Bertz CT molecular complexity index is 620. The van der Waals surface area contributed by atoms with Gasteiger partial charge >= 0.3 is 6.09 Å². The Kier molecular flexibility index (Phi) is 4.36. The Morgan fingerprint density at radius 3 is 2.68 bits per heavy atom. The maximum absolute atomic E-state index is 13.8. The van der Waals surface area contributed by atoms with E-state index in [2.05, 4.69) is 0 Å². The summed E-state index contributed by atoms with van der Waals surface area (Å²) < 4.78 is 32.6. The van der Waals surface area contributed by atoms with Crippen LogP contribution in [0.4, 0.5) is 13.6 Å². The van der Waals surface area contributed by atoms with Crippen LogP contribution in [0.25, 0.3) is 0 Å². The van der Waals surface area contributed by atoms with Crippen LogP contribution in [-0.2, 0) is 4.74 Å². The molecule has 1 saturated heterocycles. The number of carbonyl (C=O) groups excluding carboxylic acids is 1. The number of rotatable bonds is 1. The molecule has 1 aromatic rings. The predicted octanol–water partition coefficient (Wildman–Crippen LogP) is 3.72. The monoisotopic (exact) mass is 308 g/mol. The van der Waals surface area contributed by atoms with E-state index < -0.39 is 29.7 Å². The lowest BCUT2D eigenvalue weighted by atomic mass is 10.0. The first kappa shape index (κ1) is 16.2. The summed E-state index contributed by atoms with van der Waals surface area (Å²) in [5.41, 5.74) is -0.153. The van der Waals surface area contributed by atoms with Crippen LogP contribution in [0.5, 0.6) is 0 Å². The zero-order valence-corrected chi connectivity index (χ0v) is 12.8. The number of carbonyl (C=O) groups is 1. The molecule has 1 aromatic carbocycles. The molecule has 1 heterocycles. The van der Waals surface area contributed by atoms with Gasteiger partial charge in [-0.05, 0) is 44.5 Å². The fourth-order valence-electron chi connectivity index (χ4n) is 2.49. The van der Waals surface area contributed by atoms with Crippen molar-refractivity contribution in [3.8, 4) is 6.07 Å². The molecule has 0 saturated carbocycles. The first-order valence-corrected chi connectivity index (χ1v) is 7.04. The van der Waals surface area contributed by atoms with Crippen molar-refractivity contribution in [1.29, 1.82) is 5.26 Å². The number of hydrogen-bond acceptors (Lipinski definition) is 3. The maximum Gasteiger partial charge on any atom is 0.410 e. The van der Waals surface area contributed by atoms with Gasteiger partial charge in [0.2, 0.25) is 0 Å². The summed E-state index contributed by atoms with van der Waals surface area (Å²) in [6, 6.07) is 5.02. The van der Waals surface area contributed by atoms with E-state index in [1.54, 1.807) is 20.8 Å². The van der Waals surface area contributed by atoms with Crippen LogP contribution in [-0.4, -0.2) is 29.3 Å². The molecule has 118 valence electrons. The van der Waals surface area contributed by atoms with Gasteiger partial charge < -0.3 is 4.74 Å². The lowest BCUT2D eigenvalue weighted by Crippen LogP contribution is -2.37. The first-order chi connectivity index (χ1) is 10.2. The standard InChI is InChI=1S/C16H18F2N2O2/c1-16(2,3)22-15(21)20-9-13(18)7-14(20)11-4-10(8-19)5-12(17)6-11/h4-6,13-14H,7,9H2,1-3H3/t13-,14+/m0/s1. The van der Waals surface area contributed by atoms with Crippen molar-refractivity contribution < 1.29 is 18.3 Å². The third-order valence-electron chi connectivity index (χ3n) is 3.31. The molecule has 0 aromatic heterocycles. The molecule has 2 rings (SSSR count). The average molecular weight is 308 g/mol. The van der Waals surface area contributed by atoms with Gasteiger partial charge in [-0.25, -0.2) is 13.6 Å². The van der Waals surface area contributed by atoms with Crippen LogP contribution in [0.2, 0.25) is 0 Å². The molecule has 22 heavy (non-hydrogen) atoms. The van der Waals surface area contributed by atoms with Crippen LogP contribution >= 0.6 is 0 Å². The van der Waals surface area contributed by atoms with Crippen LogP contribution < -0.4 is 0 Å². The maximum atomic E-state index is 13.8. The van der Waals surface area contributed by atoms with E-state index in [9.17, 15) is 13.6 Å². The highest BCUT2D eigenvalue weighted by Gasteiger charge is 2.38. The number of amides is 1. The third-order valence-corrected chi connectivity index (χ3v) is 3.31. The van der Waals surface area contributed by atoms with Gasteiger partial charge in [0, 0.05) is 6.42 Å². The molecular weight excluding hydrogens is 290 g/mol. The topological polar surface area (TPSA) is 53.3 Å². The second-order valence-corrected chi connectivity index (χ2v) is 6.37. The van der Waals surface area contributed by atoms with E-state index in [4.69, 9.17) is 10.00 Å². The molecule has 4 nitrogen and oxygen atoms in total. The summed E-state index contributed by atoms with van der Waals surface area (Å²) in [4.78, 5) is 13.5. The lowest BCUT2D eigenvalue weighted by Gasteiger charge is -2.28. The zero-order valence-electron chi connectivity index (χ0n) is 12.8. The fraction of sp³-hybridized carbons (Fsp3) is 0.500. The molecular formula is C16H18F2N2O2. The second kappa shape index (κ2) is 5.91. The minimum absolute atomic E-state index is 0.0631. The first-order valence-electron chi connectivity index (χ1n) is 7.04. The Balaban J connectivity index is 2.30. The van der Waals surface area contributed by atoms with E-state index in [1.165, 1.54) is 17.0 Å². The van der Waals surface area contributed by atoms with Gasteiger partial charge in [0.25, 0.3) is 0 Å². The number of halogens is 2. The summed E-state index contributed by atoms with van der Waals surface area (Å²) in [5.74, 6) is -0.583. The highest BCUT2D eigenvalue weighted by atomic mass is 19.1. The van der Waals surface area contributed by atoms with E-state index in [1.807, 2.05) is 6.07 Å².